The second-order valence-corrected chi connectivity index (χ2v) is 10.0. The van der Waals surface area contributed by atoms with Crippen LogP contribution in [0.3, 0.4) is 0 Å². The number of hydrogen-bond acceptors (Lipinski definition) is 4. The molecular formula is C22H34N2O4S. The van der Waals surface area contributed by atoms with E-state index in [0.29, 0.717) is 24.4 Å². The number of benzene rings is 1. The van der Waals surface area contributed by atoms with Crippen LogP contribution in [0.15, 0.2) is 23.1 Å². The highest BCUT2D eigenvalue weighted by Crippen LogP contribution is 2.34. The SMILES string of the molecule is CCC(CC)N(C(=O)c1ccc(OC)c(S(=O)(=O)N2CCCCCC2)c1)C1CC1. The zero-order valence-electron chi connectivity index (χ0n) is 17.9. The summed E-state index contributed by atoms with van der Waals surface area (Å²) in [5.74, 6) is 0.225. The van der Waals surface area contributed by atoms with E-state index in [9.17, 15) is 13.2 Å². The Hall–Kier alpha value is -1.60. The van der Waals surface area contributed by atoms with Gasteiger partial charge in [-0.2, -0.15) is 4.31 Å². The van der Waals surface area contributed by atoms with Crippen molar-refractivity contribution in [1.29, 1.82) is 0 Å². The fourth-order valence-electron chi connectivity index (χ4n) is 4.25. The van der Waals surface area contributed by atoms with E-state index in [0.717, 1.165) is 51.4 Å². The number of nitrogens with zero attached hydrogens (tertiary/aromatic N) is 2. The topological polar surface area (TPSA) is 66.9 Å². The molecule has 1 aliphatic heterocycles. The Morgan fingerprint density at radius 1 is 1.14 bits per heavy atom. The average Bonchev–Trinajstić information content (AvgIpc) is 3.58. The van der Waals surface area contributed by atoms with Crippen molar-refractivity contribution in [3.8, 4) is 5.75 Å². The lowest BCUT2D eigenvalue weighted by Crippen LogP contribution is -2.41. The Morgan fingerprint density at radius 2 is 1.76 bits per heavy atom. The van der Waals surface area contributed by atoms with E-state index in [2.05, 4.69) is 13.8 Å². The number of sulfonamides is 1. The minimum atomic E-state index is -3.71. The first-order valence-corrected chi connectivity index (χ1v) is 12.4. The van der Waals surface area contributed by atoms with Crippen molar-refractivity contribution in [3.63, 3.8) is 0 Å². The van der Waals surface area contributed by atoms with Gasteiger partial charge < -0.3 is 9.64 Å². The van der Waals surface area contributed by atoms with Crippen molar-refractivity contribution in [2.75, 3.05) is 20.2 Å². The molecule has 0 bridgehead atoms. The summed E-state index contributed by atoms with van der Waals surface area (Å²) < 4.78 is 33.7. The second-order valence-electron chi connectivity index (χ2n) is 8.10. The van der Waals surface area contributed by atoms with Gasteiger partial charge in [0.1, 0.15) is 10.6 Å². The first kappa shape index (κ1) is 22.1. The van der Waals surface area contributed by atoms with Crippen LogP contribution in [0.1, 0.15) is 75.6 Å². The van der Waals surface area contributed by atoms with Gasteiger partial charge in [-0.25, -0.2) is 8.42 Å². The highest BCUT2D eigenvalue weighted by atomic mass is 32.2. The van der Waals surface area contributed by atoms with E-state index in [-0.39, 0.29) is 22.9 Å². The maximum Gasteiger partial charge on any atom is 0.254 e. The number of methoxy groups -OCH3 is 1. The van der Waals surface area contributed by atoms with Gasteiger partial charge in [-0.1, -0.05) is 26.7 Å². The van der Waals surface area contributed by atoms with E-state index in [1.807, 2.05) is 4.90 Å². The van der Waals surface area contributed by atoms with Crippen LogP contribution < -0.4 is 4.74 Å². The third-order valence-electron chi connectivity index (χ3n) is 6.10. The van der Waals surface area contributed by atoms with Gasteiger partial charge >= 0.3 is 0 Å². The molecule has 6 nitrogen and oxygen atoms in total. The van der Waals surface area contributed by atoms with Crippen LogP contribution in [-0.2, 0) is 10.0 Å². The van der Waals surface area contributed by atoms with E-state index in [4.69, 9.17) is 4.74 Å². The third-order valence-corrected chi connectivity index (χ3v) is 8.02. The summed E-state index contributed by atoms with van der Waals surface area (Å²) in [5.41, 5.74) is 0.429. The third kappa shape index (κ3) is 4.77. The van der Waals surface area contributed by atoms with Crippen LogP contribution in [-0.4, -0.2) is 55.8 Å². The minimum Gasteiger partial charge on any atom is -0.495 e. The first-order valence-electron chi connectivity index (χ1n) is 10.9. The van der Waals surface area contributed by atoms with Crippen molar-refractivity contribution in [2.24, 2.45) is 0 Å². The summed E-state index contributed by atoms with van der Waals surface area (Å²) in [7, 11) is -2.24. The monoisotopic (exact) mass is 422 g/mol. The van der Waals surface area contributed by atoms with Crippen molar-refractivity contribution in [1.82, 2.24) is 9.21 Å². The summed E-state index contributed by atoms with van der Waals surface area (Å²) >= 11 is 0. The number of ether oxygens (including phenoxy) is 1. The molecule has 0 radical (unpaired) electrons. The highest BCUT2D eigenvalue weighted by Gasteiger charge is 2.37. The van der Waals surface area contributed by atoms with Crippen LogP contribution in [0.2, 0.25) is 0 Å². The summed E-state index contributed by atoms with van der Waals surface area (Å²) in [6.45, 7) is 5.23. The maximum atomic E-state index is 13.4. The van der Waals surface area contributed by atoms with Gasteiger partial charge in [-0.15, -0.1) is 0 Å². The Balaban J connectivity index is 1.97. The number of amides is 1. The zero-order chi connectivity index (χ0) is 21.0. The number of hydrogen-bond donors (Lipinski definition) is 0. The molecule has 0 unspecified atom stereocenters. The van der Waals surface area contributed by atoms with E-state index < -0.39 is 10.0 Å². The molecule has 1 aromatic rings. The Kier molecular flexibility index (Phi) is 7.22. The van der Waals surface area contributed by atoms with E-state index in [1.54, 1.807) is 16.4 Å². The smallest absolute Gasteiger partial charge is 0.254 e. The average molecular weight is 423 g/mol. The molecule has 3 rings (SSSR count). The van der Waals surface area contributed by atoms with Gasteiger partial charge in [0.15, 0.2) is 0 Å². The van der Waals surface area contributed by atoms with Crippen molar-refractivity contribution < 1.29 is 17.9 Å². The fraction of sp³-hybridized carbons (Fsp3) is 0.682. The molecule has 1 heterocycles. The predicted octanol–water partition coefficient (Wildman–Crippen LogP) is 4.05. The summed E-state index contributed by atoms with van der Waals surface area (Å²) in [6.07, 6.45) is 7.67. The Labute approximate surface area is 175 Å². The van der Waals surface area contributed by atoms with E-state index in [1.165, 1.54) is 13.2 Å². The maximum absolute atomic E-state index is 13.4. The molecule has 0 atom stereocenters. The van der Waals surface area contributed by atoms with Gasteiger partial charge in [-0.3, -0.25) is 4.79 Å². The molecule has 7 heteroatoms. The summed E-state index contributed by atoms with van der Waals surface area (Å²) in [6, 6.07) is 5.30. The van der Waals surface area contributed by atoms with Gasteiger partial charge in [0.05, 0.1) is 7.11 Å². The predicted molar refractivity (Wildman–Crippen MR) is 114 cm³/mol. The van der Waals surface area contributed by atoms with Crippen molar-refractivity contribution in [2.45, 2.75) is 82.2 Å². The van der Waals surface area contributed by atoms with Crippen LogP contribution in [0.4, 0.5) is 0 Å². The summed E-state index contributed by atoms with van der Waals surface area (Å²) in [5, 5.41) is 0. The minimum absolute atomic E-state index is 0.0730. The van der Waals surface area contributed by atoms with Crippen LogP contribution in [0.5, 0.6) is 5.75 Å². The van der Waals surface area contributed by atoms with Gasteiger partial charge in [0, 0.05) is 30.7 Å². The van der Waals surface area contributed by atoms with Crippen molar-refractivity contribution in [3.05, 3.63) is 23.8 Å². The van der Waals surface area contributed by atoms with E-state index >= 15 is 0 Å². The quantitative estimate of drug-likeness (QED) is 0.634. The molecule has 0 spiro atoms. The molecule has 2 fully saturated rings. The molecule has 162 valence electrons. The molecule has 2 aliphatic rings. The first-order chi connectivity index (χ1) is 13.9. The van der Waals surface area contributed by atoms with Gasteiger partial charge in [0.25, 0.3) is 5.91 Å². The second kappa shape index (κ2) is 9.47. The highest BCUT2D eigenvalue weighted by molar-refractivity contribution is 7.89. The number of carbonyl (C=O) groups excluding carboxylic acids is 1. The van der Waals surface area contributed by atoms with Gasteiger partial charge in [-0.05, 0) is 56.7 Å². The fourth-order valence-corrected chi connectivity index (χ4v) is 5.94. The van der Waals surface area contributed by atoms with Crippen LogP contribution >= 0.6 is 0 Å². The molecular weight excluding hydrogens is 388 g/mol. The van der Waals surface area contributed by atoms with Crippen LogP contribution in [0, 0.1) is 0 Å². The van der Waals surface area contributed by atoms with Crippen LogP contribution in [0.25, 0.3) is 0 Å². The molecule has 1 aromatic carbocycles. The lowest BCUT2D eigenvalue weighted by Gasteiger charge is -2.31. The molecule has 0 aromatic heterocycles. The lowest BCUT2D eigenvalue weighted by molar-refractivity contribution is 0.0649. The lowest BCUT2D eigenvalue weighted by atomic mass is 10.1. The molecule has 29 heavy (non-hydrogen) atoms. The Morgan fingerprint density at radius 3 is 2.28 bits per heavy atom. The Bertz CT molecular complexity index is 808. The normalized spacial score (nSPS) is 18.5. The number of rotatable bonds is 8. The van der Waals surface area contributed by atoms with Gasteiger partial charge in [0.2, 0.25) is 10.0 Å². The summed E-state index contributed by atoms with van der Waals surface area (Å²) in [4.78, 5) is 15.5. The number of carbonyl (C=O) groups is 1. The largest absolute Gasteiger partial charge is 0.495 e. The molecule has 1 amide bonds. The van der Waals surface area contributed by atoms with Crippen molar-refractivity contribution >= 4 is 15.9 Å². The molecule has 1 saturated heterocycles. The molecule has 1 saturated carbocycles. The standard InChI is InChI=1S/C22H34N2O4S/c1-4-18(5-2)24(19-11-12-19)22(25)17-10-13-20(28-3)21(16-17)29(26,27)23-14-8-6-7-9-15-23/h10,13,16,18-19H,4-9,11-12,14-15H2,1-3H3. The zero-order valence-corrected chi connectivity index (χ0v) is 18.7. The molecule has 1 aliphatic carbocycles. The molecule has 0 N–H and O–H groups in total.